The molecule has 0 radical (unpaired) electrons. The number of ether oxygens (including phenoxy) is 2. The number of aromatic nitrogens is 3. The maximum absolute atomic E-state index is 13.4. The van der Waals surface area contributed by atoms with E-state index in [0.29, 0.717) is 70.8 Å². The quantitative estimate of drug-likeness (QED) is 0.167. The highest BCUT2D eigenvalue weighted by Crippen LogP contribution is 2.27. The summed E-state index contributed by atoms with van der Waals surface area (Å²) in [4.78, 5) is 40.3. The lowest BCUT2D eigenvalue weighted by atomic mass is 9.90. The molecule has 1 fully saturated rings. The van der Waals surface area contributed by atoms with Crippen molar-refractivity contribution in [3.8, 4) is 11.3 Å². The molecule has 0 bridgehead atoms. The van der Waals surface area contributed by atoms with Gasteiger partial charge in [0.1, 0.15) is 18.5 Å². The molecule has 5 rings (SSSR count). The minimum Gasteiger partial charge on any atom is -0.388 e. The Bertz CT molecular complexity index is 1680. The van der Waals surface area contributed by atoms with Gasteiger partial charge in [0.05, 0.1) is 37.7 Å². The zero-order valence-corrected chi connectivity index (χ0v) is 26.8. The van der Waals surface area contributed by atoms with Crippen molar-refractivity contribution in [3.63, 3.8) is 0 Å². The highest BCUT2D eigenvalue weighted by molar-refractivity contribution is 5.77. The number of hydrogen-bond acceptors (Lipinski definition) is 8. The molecule has 3 heterocycles. The second kappa shape index (κ2) is 16.0. The van der Waals surface area contributed by atoms with Crippen LogP contribution in [0.5, 0.6) is 0 Å². The summed E-state index contributed by atoms with van der Waals surface area (Å²) in [5.41, 5.74) is 8.06. The summed E-state index contributed by atoms with van der Waals surface area (Å²) in [6.45, 7) is 4.96. The number of aliphatic hydroxyl groups is 1. The van der Waals surface area contributed by atoms with Gasteiger partial charge in [-0.3, -0.25) is 19.0 Å². The number of piperidine rings is 1. The summed E-state index contributed by atoms with van der Waals surface area (Å²) in [7, 11) is 0. The highest BCUT2D eigenvalue weighted by atomic mass is 16.5. The average molecular weight is 645 g/mol. The van der Waals surface area contributed by atoms with E-state index in [4.69, 9.17) is 15.2 Å². The van der Waals surface area contributed by atoms with Crippen molar-refractivity contribution in [1.82, 2.24) is 24.4 Å². The number of hydrogen-bond donors (Lipinski definition) is 3. The Balaban J connectivity index is 1.13. The molecule has 2 amide bonds. The van der Waals surface area contributed by atoms with E-state index in [0.717, 1.165) is 22.4 Å². The molecule has 0 aliphatic carbocycles. The van der Waals surface area contributed by atoms with Crippen molar-refractivity contribution in [2.75, 3.05) is 46.1 Å². The number of benzene rings is 2. The predicted octanol–water partition coefficient (Wildman–Crippen LogP) is 2.32. The molecule has 250 valence electrons. The third-order valence-corrected chi connectivity index (χ3v) is 8.61. The van der Waals surface area contributed by atoms with Gasteiger partial charge in [0, 0.05) is 38.2 Å². The van der Waals surface area contributed by atoms with Crippen LogP contribution in [0.2, 0.25) is 0 Å². The fraction of sp³-hybridized carbons (Fsp3) is 0.429. The van der Waals surface area contributed by atoms with Gasteiger partial charge in [0.2, 0.25) is 11.8 Å². The van der Waals surface area contributed by atoms with E-state index in [9.17, 15) is 19.5 Å². The molecule has 12 heteroatoms. The maximum atomic E-state index is 13.4. The molecule has 1 aliphatic heterocycles. The summed E-state index contributed by atoms with van der Waals surface area (Å²) in [5, 5.41) is 18.7. The van der Waals surface area contributed by atoms with Crippen LogP contribution in [0.4, 0.5) is 0 Å². The van der Waals surface area contributed by atoms with Crippen molar-refractivity contribution in [2.24, 2.45) is 5.73 Å². The van der Waals surface area contributed by atoms with Gasteiger partial charge in [-0.15, -0.1) is 0 Å². The number of nitrogens with zero attached hydrogens (tertiary/aromatic N) is 4. The normalized spacial score (nSPS) is 15.1. The van der Waals surface area contributed by atoms with Gasteiger partial charge >= 0.3 is 0 Å². The van der Waals surface area contributed by atoms with E-state index in [2.05, 4.69) is 17.3 Å². The Kier molecular flexibility index (Phi) is 11.5. The maximum Gasteiger partial charge on any atom is 0.277 e. The number of amides is 2. The largest absolute Gasteiger partial charge is 0.388 e. The number of fused-ring (bicyclic) bond motifs is 1. The predicted molar refractivity (Wildman–Crippen MR) is 178 cm³/mol. The fourth-order valence-corrected chi connectivity index (χ4v) is 5.81. The second-order valence-electron chi connectivity index (χ2n) is 12.1. The molecule has 0 spiro atoms. The van der Waals surface area contributed by atoms with E-state index >= 15 is 0 Å². The molecule has 4 aromatic rings. The molecular formula is C35H44N6O6. The molecule has 12 nitrogen and oxygen atoms in total. The van der Waals surface area contributed by atoms with Crippen LogP contribution in [-0.4, -0.2) is 87.7 Å². The van der Waals surface area contributed by atoms with Gasteiger partial charge in [0.15, 0.2) is 0 Å². The number of carbonyl (C=O) groups excluding carboxylic acids is 2. The summed E-state index contributed by atoms with van der Waals surface area (Å²) in [6.07, 6.45) is 2.64. The summed E-state index contributed by atoms with van der Waals surface area (Å²) in [6, 6.07) is 21.2. The first-order valence-corrected chi connectivity index (χ1v) is 16.1. The fourth-order valence-electron chi connectivity index (χ4n) is 5.81. The zero-order valence-electron chi connectivity index (χ0n) is 26.8. The van der Waals surface area contributed by atoms with Crippen molar-refractivity contribution in [1.29, 1.82) is 0 Å². The van der Waals surface area contributed by atoms with Crippen molar-refractivity contribution >= 4 is 17.3 Å². The third kappa shape index (κ3) is 8.92. The van der Waals surface area contributed by atoms with Crippen molar-refractivity contribution in [3.05, 3.63) is 94.5 Å². The Morgan fingerprint density at radius 3 is 2.45 bits per heavy atom. The van der Waals surface area contributed by atoms with Crippen LogP contribution in [-0.2, 0) is 32.2 Å². The second-order valence-corrected chi connectivity index (χ2v) is 12.1. The van der Waals surface area contributed by atoms with Gasteiger partial charge in [-0.05, 0) is 42.0 Å². The first-order valence-electron chi connectivity index (χ1n) is 16.1. The number of nitrogens with one attached hydrogen (secondary N) is 1. The Hall–Kier alpha value is -4.36. The van der Waals surface area contributed by atoms with Gasteiger partial charge in [-0.1, -0.05) is 61.5 Å². The molecule has 4 N–H and O–H groups in total. The first-order chi connectivity index (χ1) is 22.8. The molecule has 0 saturated carbocycles. The molecular weight excluding hydrogens is 600 g/mol. The van der Waals surface area contributed by atoms with E-state index in [1.54, 1.807) is 10.6 Å². The van der Waals surface area contributed by atoms with E-state index in [1.807, 2.05) is 65.6 Å². The molecule has 47 heavy (non-hydrogen) atoms. The SMILES string of the molecule is C[C@H](CC(=O)N1CCC(O)(Cn2cnn3c(-c4ccc(CNC(=O)COCCOCCN)cc4)ccc3c2=O)CC1)c1ccccc1. The van der Waals surface area contributed by atoms with Crippen LogP contribution in [0.1, 0.15) is 43.2 Å². The number of likely N-dealkylation sites (tertiary alicyclic amines) is 1. The van der Waals surface area contributed by atoms with Gasteiger partial charge in [-0.25, -0.2) is 4.52 Å². The Morgan fingerprint density at radius 1 is 1.00 bits per heavy atom. The van der Waals surface area contributed by atoms with E-state index in [1.165, 1.54) is 10.9 Å². The van der Waals surface area contributed by atoms with Crippen LogP contribution < -0.4 is 16.6 Å². The smallest absolute Gasteiger partial charge is 0.277 e. The Labute approximate surface area is 274 Å². The van der Waals surface area contributed by atoms with Crippen molar-refractivity contribution in [2.45, 2.75) is 50.8 Å². The van der Waals surface area contributed by atoms with Gasteiger partial charge < -0.3 is 30.5 Å². The third-order valence-electron chi connectivity index (χ3n) is 8.61. The molecule has 1 saturated heterocycles. The lowest BCUT2D eigenvalue weighted by Crippen LogP contribution is -2.49. The zero-order chi connectivity index (χ0) is 33.2. The topological polar surface area (TPSA) is 153 Å². The van der Waals surface area contributed by atoms with Crippen LogP contribution in [0.25, 0.3) is 16.8 Å². The van der Waals surface area contributed by atoms with Crippen LogP contribution in [0.15, 0.2) is 77.9 Å². The summed E-state index contributed by atoms with van der Waals surface area (Å²) in [5.74, 6) is -0.0292. The first kappa shape index (κ1) is 34.0. The number of nitrogens with two attached hydrogens (primary N) is 1. The van der Waals surface area contributed by atoms with E-state index < -0.39 is 5.60 Å². The molecule has 1 aliphatic rings. The van der Waals surface area contributed by atoms with Crippen molar-refractivity contribution < 1.29 is 24.2 Å². The van der Waals surface area contributed by atoms with Crippen LogP contribution >= 0.6 is 0 Å². The molecule has 2 aromatic carbocycles. The van der Waals surface area contributed by atoms with Crippen LogP contribution in [0.3, 0.4) is 0 Å². The average Bonchev–Trinajstić information content (AvgIpc) is 3.52. The molecule has 0 unspecified atom stereocenters. The van der Waals surface area contributed by atoms with Gasteiger partial charge in [0.25, 0.3) is 5.56 Å². The summed E-state index contributed by atoms with van der Waals surface area (Å²) < 4.78 is 13.6. The highest BCUT2D eigenvalue weighted by Gasteiger charge is 2.35. The monoisotopic (exact) mass is 644 g/mol. The lowest BCUT2D eigenvalue weighted by Gasteiger charge is -2.38. The lowest BCUT2D eigenvalue weighted by molar-refractivity contribution is -0.136. The van der Waals surface area contributed by atoms with Gasteiger partial charge in [-0.2, -0.15) is 5.10 Å². The standard InChI is InChI=1S/C35H44N6O6/c1-26(28-5-3-2-4-6-28)21-33(43)39-16-13-35(45,14-17-39)24-40-25-38-41-30(11-12-31(41)34(40)44)29-9-7-27(8-10-29)22-37-32(42)23-47-20-19-46-18-15-36/h2-12,25-26,45H,13-24,36H2,1H3,(H,37,42)/t26-/m1/s1. The van der Waals surface area contributed by atoms with E-state index in [-0.39, 0.29) is 36.4 Å². The minimum absolute atomic E-state index is 0.0482. The summed E-state index contributed by atoms with van der Waals surface area (Å²) >= 11 is 0. The number of carbonyl (C=O) groups is 2. The molecule has 2 aromatic heterocycles. The molecule has 1 atom stereocenters. The Morgan fingerprint density at radius 2 is 1.72 bits per heavy atom. The number of rotatable bonds is 15. The minimum atomic E-state index is -1.11. The van der Waals surface area contributed by atoms with Crippen LogP contribution in [0, 0.1) is 0 Å².